The molecule has 0 saturated heterocycles. The van der Waals surface area contributed by atoms with Crippen LogP contribution in [0.2, 0.25) is 0 Å². The van der Waals surface area contributed by atoms with Crippen molar-refractivity contribution >= 4 is 5.78 Å². The van der Waals surface area contributed by atoms with Gasteiger partial charge in [-0.3, -0.25) is 4.79 Å². The minimum absolute atomic E-state index is 0.158. The van der Waals surface area contributed by atoms with E-state index in [9.17, 15) is 4.79 Å². The molecule has 1 fully saturated rings. The quantitative estimate of drug-likeness (QED) is 0.823. The summed E-state index contributed by atoms with van der Waals surface area (Å²) in [5.41, 5.74) is 6.23. The molecule has 1 unspecified atom stereocenters. The zero-order valence-electron chi connectivity index (χ0n) is 9.78. The summed E-state index contributed by atoms with van der Waals surface area (Å²) in [6, 6.07) is 9.64. The molecule has 86 valence electrons. The molecule has 16 heavy (non-hydrogen) atoms. The Morgan fingerprint density at radius 3 is 2.56 bits per heavy atom. The lowest BCUT2D eigenvalue weighted by molar-refractivity contribution is -0.124. The molecule has 1 aliphatic carbocycles. The van der Waals surface area contributed by atoms with Gasteiger partial charge in [0.1, 0.15) is 0 Å². The third-order valence-electron chi connectivity index (χ3n) is 3.43. The predicted molar refractivity (Wildman–Crippen MR) is 64.9 cm³/mol. The number of rotatable bonds is 5. The Hall–Kier alpha value is -1.15. The van der Waals surface area contributed by atoms with E-state index < -0.39 is 5.54 Å². The highest BCUT2D eigenvalue weighted by Gasteiger charge is 2.31. The molecular weight excluding hydrogens is 198 g/mol. The van der Waals surface area contributed by atoms with Crippen molar-refractivity contribution < 1.29 is 4.79 Å². The maximum atomic E-state index is 12.1. The summed E-state index contributed by atoms with van der Waals surface area (Å²) in [6.45, 7) is 1.82. The van der Waals surface area contributed by atoms with E-state index in [1.165, 1.54) is 12.8 Å². The first kappa shape index (κ1) is 11.3. The lowest BCUT2D eigenvalue weighted by atomic mass is 9.86. The molecule has 2 rings (SSSR count). The Kier molecular flexibility index (Phi) is 3.10. The molecule has 2 nitrogen and oxygen atoms in total. The molecule has 0 heterocycles. The minimum Gasteiger partial charge on any atom is -0.315 e. The third-order valence-corrected chi connectivity index (χ3v) is 3.43. The standard InChI is InChI=1S/C14H19NO/c1-14(15,12-5-3-2-4-6-12)13(16)10-9-11-7-8-11/h2-6,11H,7-10,15H2,1H3. The summed E-state index contributed by atoms with van der Waals surface area (Å²) in [5.74, 6) is 0.945. The van der Waals surface area contributed by atoms with Gasteiger partial charge in [0, 0.05) is 6.42 Å². The van der Waals surface area contributed by atoms with E-state index in [2.05, 4.69) is 0 Å². The molecule has 0 bridgehead atoms. The number of hydrogen-bond donors (Lipinski definition) is 1. The van der Waals surface area contributed by atoms with Crippen molar-refractivity contribution in [1.82, 2.24) is 0 Å². The molecule has 0 radical (unpaired) electrons. The first-order valence-corrected chi connectivity index (χ1v) is 5.98. The normalized spacial score (nSPS) is 19.1. The number of ketones is 1. The number of nitrogens with two attached hydrogens (primary N) is 1. The topological polar surface area (TPSA) is 43.1 Å². The average Bonchev–Trinajstić information content (AvgIpc) is 3.11. The Balaban J connectivity index is 2.02. The van der Waals surface area contributed by atoms with E-state index in [1.54, 1.807) is 0 Å². The minimum atomic E-state index is -0.823. The molecular formula is C14H19NO. The largest absolute Gasteiger partial charge is 0.315 e. The SMILES string of the molecule is CC(N)(C(=O)CCC1CC1)c1ccccc1. The van der Waals surface area contributed by atoms with Crippen molar-refractivity contribution in [1.29, 1.82) is 0 Å². The number of Topliss-reactive ketones (excluding diaryl/α,β-unsaturated/α-hetero) is 1. The van der Waals surface area contributed by atoms with E-state index in [0.29, 0.717) is 6.42 Å². The van der Waals surface area contributed by atoms with E-state index >= 15 is 0 Å². The van der Waals surface area contributed by atoms with Gasteiger partial charge < -0.3 is 5.73 Å². The molecule has 1 saturated carbocycles. The van der Waals surface area contributed by atoms with Crippen LogP contribution in [0.3, 0.4) is 0 Å². The Bertz CT molecular complexity index is 366. The van der Waals surface area contributed by atoms with Crippen LogP contribution in [0.5, 0.6) is 0 Å². The molecule has 2 N–H and O–H groups in total. The Morgan fingerprint density at radius 2 is 2.00 bits per heavy atom. The fraction of sp³-hybridized carbons (Fsp3) is 0.500. The van der Waals surface area contributed by atoms with Crippen molar-refractivity contribution in [2.75, 3.05) is 0 Å². The van der Waals surface area contributed by atoms with Crippen LogP contribution in [0.25, 0.3) is 0 Å². The second kappa shape index (κ2) is 4.38. The maximum absolute atomic E-state index is 12.1. The smallest absolute Gasteiger partial charge is 0.156 e. The molecule has 1 aromatic rings. The molecule has 1 aliphatic rings. The van der Waals surface area contributed by atoms with Crippen molar-refractivity contribution in [3.63, 3.8) is 0 Å². The molecule has 0 spiro atoms. The van der Waals surface area contributed by atoms with Crippen LogP contribution < -0.4 is 5.73 Å². The van der Waals surface area contributed by atoms with E-state index in [-0.39, 0.29) is 5.78 Å². The Labute approximate surface area is 96.8 Å². The van der Waals surface area contributed by atoms with Crippen molar-refractivity contribution in [2.24, 2.45) is 11.7 Å². The van der Waals surface area contributed by atoms with Crippen LogP contribution in [0.15, 0.2) is 30.3 Å². The van der Waals surface area contributed by atoms with Crippen molar-refractivity contribution in [3.8, 4) is 0 Å². The van der Waals surface area contributed by atoms with Crippen LogP contribution in [0, 0.1) is 5.92 Å². The third kappa shape index (κ3) is 2.50. The number of carbonyl (C=O) groups excluding carboxylic acids is 1. The van der Waals surface area contributed by atoms with Gasteiger partial charge in [0.05, 0.1) is 5.54 Å². The van der Waals surface area contributed by atoms with Crippen LogP contribution in [-0.2, 0) is 10.3 Å². The van der Waals surface area contributed by atoms with Gasteiger partial charge in [-0.05, 0) is 24.8 Å². The monoisotopic (exact) mass is 217 g/mol. The highest BCUT2D eigenvalue weighted by Crippen LogP contribution is 2.34. The lowest BCUT2D eigenvalue weighted by Crippen LogP contribution is -2.41. The first-order chi connectivity index (χ1) is 7.60. The van der Waals surface area contributed by atoms with Crippen LogP contribution >= 0.6 is 0 Å². The van der Waals surface area contributed by atoms with Crippen LogP contribution in [-0.4, -0.2) is 5.78 Å². The summed E-state index contributed by atoms with van der Waals surface area (Å²) < 4.78 is 0. The van der Waals surface area contributed by atoms with Gasteiger partial charge in [0.2, 0.25) is 0 Å². The van der Waals surface area contributed by atoms with Gasteiger partial charge in [-0.2, -0.15) is 0 Å². The maximum Gasteiger partial charge on any atom is 0.156 e. The average molecular weight is 217 g/mol. The molecule has 0 amide bonds. The summed E-state index contributed by atoms with van der Waals surface area (Å²) in [4.78, 5) is 12.1. The number of benzene rings is 1. The van der Waals surface area contributed by atoms with Gasteiger partial charge in [0.15, 0.2) is 5.78 Å². The van der Waals surface area contributed by atoms with Gasteiger partial charge >= 0.3 is 0 Å². The van der Waals surface area contributed by atoms with Crippen LogP contribution in [0.4, 0.5) is 0 Å². The molecule has 1 aromatic carbocycles. The molecule has 1 atom stereocenters. The number of hydrogen-bond acceptors (Lipinski definition) is 2. The highest BCUT2D eigenvalue weighted by atomic mass is 16.1. The van der Waals surface area contributed by atoms with E-state index in [1.807, 2.05) is 37.3 Å². The Morgan fingerprint density at radius 1 is 1.38 bits per heavy atom. The second-order valence-electron chi connectivity index (χ2n) is 4.97. The fourth-order valence-electron chi connectivity index (χ4n) is 1.95. The summed E-state index contributed by atoms with van der Waals surface area (Å²) >= 11 is 0. The number of carbonyl (C=O) groups is 1. The van der Waals surface area contributed by atoms with Gasteiger partial charge in [-0.1, -0.05) is 43.2 Å². The van der Waals surface area contributed by atoms with E-state index in [0.717, 1.165) is 17.9 Å². The van der Waals surface area contributed by atoms with Gasteiger partial charge in [-0.25, -0.2) is 0 Å². The zero-order chi connectivity index (χ0) is 11.6. The zero-order valence-corrected chi connectivity index (χ0v) is 9.78. The fourth-order valence-corrected chi connectivity index (χ4v) is 1.95. The second-order valence-corrected chi connectivity index (χ2v) is 4.97. The van der Waals surface area contributed by atoms with E-state index in [4.69, 9.17) is 5.73 Å². The highest BCUT2D eigenvalue weighted by molar-refractivity contribution is 5.88. The summed E-state index contributed by atoms with van der Waals surface area (Å²) in [7, 11) is 0. The lowest BCUT2D eigenvalue weighted by Gasteiger charge is -2.23. The molecule has 0 aromatic heterocycles. The summed E-state index contributed by atoms with van der Waals surface area (Å²) in [5, 5.41) is 0. The van der Waals surface area contributed by atoms with Crippen molar-refractivity contribution in [3.05, 3.63) is 35.9 Å². The van der Waals surface area contributed by atoms with Crippen LogP contribution in [0.1, 0.15) is 38.2 Å². The predicted octanol–water partition coefficient (Wildman–Crippen LogP) is 2.62. The molecule has 2 heteroatoms. The van der Waals surface area contributed by atoms with Gasteiger partial charge in [-0.15, -0.1) is 0 Å². The molecule has 0 aliphatic heterocycles. The van der Waals surface area contributed by atoms with Crippen molar-refractivity contribution in [2.45, 2.75) is 38.1 Å². The summed E-state index contributed by atoms with van der Waals surface area (Å²) in [6.07, 6.45) is 4.21. The van der Waals surface area contributed by atoms with Gasteiger partial charge in [0.25, 0.3) is 0 Å². The first-order valence-electron chi connectivity index (χ1n) is 5.98.